The summed E-state index contributed by atoms with van der Waals surface area (Å²) in [5.41, 5.74) is 1.01. The molecular weight excluding hydrogens is 361 g/mol. The fourth-order valence-corrected chi connectivity index (χ4v) is 2.63. The Morgan fingerprint density at radius 3 is 2.87 bits per heavy atom. The number of carboxylic acids is 1. The van der Waals surface area contributed by atoms with Crippen LogP contribution in [0.3, 0.4) is 0 Å². The molecule has 2 aromatic heterocycles. The molecule has 0 saturated heterocycles. The maximum atomic E-state index is 11.5. The van der Waals surface area contributed by atoms with E-state index in [-0.39, 0.29) is 22.2 Å². The number of rotatable bonds is 6. The highest BCUT2D eigenvalue weighted by atomic mass is 35.5. The molecule has 5 nitrogen and oxygen atoms in total. The van der Waals surface area contributed by atoms with Gasteiger partial charge >= 0.3 is 5.97 Å². The lowest BCUT2D eigenvalue weighted by atomic mass is 10.2. The van der Waals surface area contributed by atoms with E-state index in [4.69, 9.17) is 34.8 Å². The quantitative estimate of drug-likeness (QED) is 0.577. The molecule has 23 heavy (non-hydrogen) atoms. The number of halogens is 3. The van der Waals surface area contributed by atoms with E-state index < -0.39 is 5.97 Å². The third-order valence-corrected chi connectivity index (χ3v) is 3.78. The molecule has 0 bridgehead atoms. The first kappa shape index (κ1) is 17.4. The summed E-state index contributed by atoms with van der Waals surface area (Å²) >= 11 is 18.1. The molecular formula is C15H12Cl3N3O2. The summed E-state index contributed by atoms with van der Waals surface area (Å²) < 4.78 is 1.53. The highest BCUT2D eigenvalue weighted by Gasteiger charge is 2.19. The number of carboxylic acid groups (broad SMARTS) is 1. The molecule has 0 aliphatic carbocycles. The molecule has 2 N–H and O–H groups in total. The summed E-state index contributed by atoms with van der Waals surface area (Å²) in [6.45, 7) is 3.61. The van der Waals surface area contributed by atoms with Crippen LogP contribution in [0.2, 0.25) is 5.02 Å². The maximum absolute atomic E-state index is 11.5. The van der Waals surface area contributed by atoms with Crippen molar-refractivity contribution in [3.63, 3.8) is 0 Å². The predicted octanol–water partition coefficient (Wildman–Crippen LogP) is 4.53. The largest absolute Gasteiger partial charge is 0.478 e. The normalized spacial score (nSPS) is 12.5. The zero-order chi connectivity index (χ0) is 17.0. The van der Waals surface area contributed by atoms with Crippen molar-refractivity contribution in [3.8, 4) is 0 Å². The van der Waals surface area contributed by atoms with Gasteiger partial charge in [-0.2, -0.15) is 0 Å². The van der Waals surface area contributed by atoms with Crippen molar-refractivity contribution in [2.24, 2.45) is 0 Å². The molecule has 2 heterocycles. The average molecular weight is 373 g/mol. The third-order valence-electron chi connectivity index (χ3n) is 2.91. The fraction of sp³-hybridized carbons (Fsp3) is 0.0667. The van der Waals surface area contributed by atoms with Crippen molar-refractivity contribution in [1.82, 2.24) is 9.38 Å². The second kappa shape index (κ2) is 7.55. The molecule has 8 heteroatoms. The van der Waals surface area contributed by atoms with Crippen molar-refractivity contribution in [1.29, 1.82) is 0 Å². The van der Waals surface area contributed by atoms with E-state index >= 15 is 0 Å². The smallest absolute Gasteiger partial charge is 0.339 e. The number of allylic oxidation sites excluding steroid dienone is 4. The van der Waals surface area contributed by atoms with E-state index in [1.165, 1.54) is 22.9 Å². The van der Waals surface area contributed by atoms with Gasteiger partial charge in [-0.15, -0.1) is 11.6 Å². The van der Waals surface area contributed by atoms with E-state index in [1.54, 1.807) is 18.3 Å². The van der Waals surface area contributed by atoms with Crippen LogP contribution in [0.5, 0.6) is 0 Å². The van der Waals surface area contributed by atoms with E-state index in [1.807, 2.05) is 0 Å². The number of anilines is 1. The number of carbonyl (C=O) groups is 1. The van der Waals surface area contributed by atoms with Crippen LogP contribution in [0, 0.1) is 0 Å². The second-order valence-corrected chi connectivity index (χ2v) is 5.44. The van der Waals surface area contributed by atoms with E-state index in [0.29, 0.717) is 16.4 Å². The van der Waals surface area contributed by atoms with Crippen molar-refractivity contribution >= 4 is 52.1 Å². The van der Waals surface area contributed by atoms with Crippen LogP contribution >= 0.6 is 34.8 Å². The average Bonchev–Trinajstić information content (AvgIpc) is 2.97. The summed E-state index contributed by atoms with van der Waals surface area (Å²) in [7, 11) is 0. The number of nitrogens with one attached hydrogen (secondary N) is 1. The van der Waals surface area contributed by atoms with Crippen LogP contribution < -0.4 is 5.32 Å². The minimum atomic E-state index is -1.14. The molecule has 0 saturated carbocycles. The van der Waals surface area contributed by atoms with Crippen molar-refractivity contribution in [2.45, 2.75) is 0 Å². The van der Waals surface area contributed by atoms with Gasteiger partial charge in [0.2, 0.25) is 0 Å². The first-order chi connectivity index (χ1) is 11.0. The van der Waals surface area contributed by atoms with Crippen LogP contribution in [0.15, 0.2) is 54.1 Å². The SMILES string of the molecule is C=C/C=C(Nc1c(C(=O)O)cn2ccnc2c1Cl)\C(Cl)=C/CCl. The first-order valence-corrected chi connectivity index (χ1v) is 7.68. The molecule has 0 radical (unpaired) electrons. The molecule has 0 spiro atoms. The molecule has 120 valence electrons. The van der Waals surface area contributed by atoms with Crippen molar-refractivity contribution in [3.05, 3.63) is 64.7 Å². The highest BCUT2D eigenvalue weighted by Crippen LogP contribution is 2.32. The number of hydrogen-bond acceptors (Lipinski definition) is 3. The number of alkyl halides is 1. The number of imidazole rings is 1. The van der Waals surface area contributed by atoms with Crippen molar-refractivity contribution < 1.29 is 9.90 Å². The van der Waals surface area contributed by atoms with Gasteiger partial charge in [-0.1, -0.05) is 35.9 Å². The van der Waals surface area contributed by atoms with Crippen LogP contribution in [0.25, 0.3) is 5.65 Å². The fourth-order valence-electron chi connectivity index (χ4n) is 1.92. The van der Waals surface area contributed by atoms with Gasteiger partial charge in [-0.25, -0.2) is 9.78 Å². The Balaban J connectivity index is 2.61. The van der Waals surface area contributed by atoms with E-state index in [9.17, 15) is 9.90 Å². The highest BCUT2D eigenvalue weighted by molar-refractivity contribution is 6.37. The molecule has 0 unspecified atom stereocenters. The monoisotopic (exact) mass is 371 g/mol. The summed E-state index contributed by atoms with van der Waals surface area (Å²) in [5.74, 6) is -0.936. The number of fused-ring (bicyclic) bond motifs is 1. The minimum Gasteiger partial charge on any atom is -0.478 e. The molecule has 0 amide bonds. The molecule has 0 aliphatic heterocycles. The molecule has 2 rings (SSSR count). The Labute approximate surface area is 147 Å². The van der Waals surface area contributed by atoms with Gasteiger partial charge in [0, 0.05) is 24.5 Å². The standard InChI is InChI=1S/C15H12Cl3N3O2/c1-2-3-11(10(17)4-5-16)20-13-9(15(22)23)8-21-7-6-19-14(21)12(13)18/h2-4,6-8,20H,1,5H2,(H,22,23)/b10-4+,11-3+. The summed E-state index contributed by atoms with van der Waals surface area (Å²) in [4.78, 5) is 15.6. The van der Waals surface area contributed by atoms with Gasteiger partial charge in [0.1, 0.15) is 10.6 Å². The number of hydrogen-bond donors (Lipinski definition) is 2. The number of nitrogens with zero attached hydrogens (tertiary/aromatic N) is 2. The zero-order valence-corrected chi connectivity index (χ0v) is 14.0. The van der Waals surface area contributed by atoms with Gasteiger partial charge < -0.3 is 14.8 Å². The minimum absolute atomic E-state index is 0.0224. The van der Waals surface area contributed by atoms with E-state index in [0.717, 1.165) is 0 Å². The Morgan fingerprint density at radius 1 is 1.52 bits per heavy atom. The Bertz CT molecular complexity index is 825. The number of aromatic carboxylic acids is 1. The van der Waals surface area contributed by atoms with Crippen LogP contribution in [0.4, 0.5) is 5.69 Å². The van der Waals surface area contributed by atoms with Gasteiger partial charge in [-0.05, 0) is 12.2 Å². The zero-order valence-electron chi connectivity index (χ0n) is 11.8. The molecule has 0 aromatic carbocycles. The van der Waals surface area contributed by atoms with Crippen LogP contribution in [-0.2, 0) is 0 Å². The predicted molar refractivity (Wildman–Crippen MR) is 93.7 cm³/mol. The lowest BCUT2D eigenvalue weighted by Gasteiger charge is -2.15. The Kier molecular flexibility index (Phi) is 5.71. The summed E-state index contributed by atoms with van der Waals surface area (Å²) in [6.07, 6.45) is 9.21. The van der Waals surface area contributed by atoms with Gasteiger partial charge in [-0.3, -0.25) is 0 Å². The Hall–Kier alpha value is -1.95. The molecule has 0 fully saturated rings. The van der Waals surface area contributed by atoms with Gasteiger partial charge in [0.25, 0.3) is 0 Å². The second-order valence-electron chi connectivity index (χ2n) is 4.34. The van der Waals surface area contributed by atoms with Crippen LogP contribution in [-0.4, -0.2) is 26.3 Å². The topological polar surface area (TPSA) is 66.6 Å². The number of pyridine rings is 1. The maximum Gasteiger partial charge on any atom is 0.339 e. The summed E-state index contributed by atoms with van der Waals surface area (Å²) in [6, 6.07) is 0. The molecule has 0 aliphatic rings. The summed E-state index contributed by atoms with van der Waals surface area (Å²) in [5, 5.41) is 12.8. The van der Waals surface area contributed by atoms with E-state index in [2.05, 4.69) is 16.9 Å². The third kappa shape index (κ3) is 3.69. The van der Waals surface area contributed by atoms with Gasteiger partial charge in [0.05, 0.1) is 16.4 Å². The first-order valence-electron chi connectivity index (χ1n) is 6.39. The van der Waals surface area contributed by atoms with Crippen LogP contribution in [0.1, 0.15) is 10.4 Å². The van der Waals surface area contributed by atoms with Crippen molar-refractivity contribution in [2.75, 3.05) is 11.2 Å². The molecule has 2 aromatic rings. The number of aromatic nitrogens is 2. The Morgan fingerprint density at radius 2 is 2.26 bits per heavy atom. The lowest BCUT2D eigenvalue weighted by molar-refractivity contribution is 0.0697. The molecule has 0 atom stereocenters. The van der Waals surface area contributed by atoms with Gasteiger partial charge in [0.15, 0.2) is 5.65 Å². The lowest BCUT2D eigenvalue weighted by Crippen LogP contribution is -2.09.